The molecule has 6 unspecified atom stereocenters. The van der Waals surface area contributed by atoms with Gasteiger partial charge >= 0.3 is 16.4 Å². The van der Waals surface area contributed by atoms with Crippen molar-refractivity contribution >= 4 is 16.4 Å². The fourth-order valence-electron chi connectivity index (χ4n) is 9.26. The predicted molar refractivity (Wildman–Crippen MR) is 281 cm³/mol. The third-order valence-corrected chi connectivity index (χ3v) is 14.1. The number of unbranched alkanes of at least 4 members (excludes halogenated alkanes) is 37. The molecular formula is C56H108O12S. The van der Waals surface area contributed by atoms with Crippen LogP contribution in [0.5, 0.6) is 0 Å². The van der Waals surface area contributed by atoms with Crippen LogP contribution in [0.25, 0.3) is 0 Å². The minimum atomic E-state index is -5.06. The Morgan fingerprint density at radius 2 is 0.913 bits per heavy atom. The number of carbonyl (C=O) groups excluding carboxylic acids is 1. The zero-order valence-corrected chi connectivity index (χ0v) is 45.2. The summed E-state index contributed by atoms with van der Waals surface area (Å²) in [6, 6.07) is 0. The fourth-order valence-corrected chi connectivity index (χ4v) is 9.77. The Labute approximate surface area is 423 Å². The molecule has 6 atom stereocenters. The lowest BCUT2D eigenvalue weighted by atomic mass is 9.99. The van der Waals surface area contributed by atoms with Gasteiger partial charge < -0.3 is 34.3 Å². The van der Waals surface area contributed by atoms with Gasteiger partial charge in [0.2, 0.25) is 0 Å². The molecule has 0 aromatic carbocycles. The molecule has 1 rings (SSSR count). The summed E-state index contributed by atoms with van der Waals surface area (Å²) in [6.45, 7) is 4.06. The first-order chi connectivity index (χ1) is 33.6. The minimum absolute atomic E-state index is 0.0430. The van der Waals surface area contributed by atoms with E-state index in [0.717, 1.165) is 38.5 Å². The van der Waals surface area contributed by atoms with Crippen molar-refractivity contribution in [1.82, 2.24) is 0 Å². The van der Waals surface area contributed by atoms with Crippen LogP contribution in [0.4, 0.5) is 0 Å². The summed E-state index contributed by atoms with van der Waals surface area (Å²) in [5.41, 5.74) is 0. The van der Waals surface area contributed by atoms with Crippen LogP contribution in [-0.2, 0) is 38.3 Å². The van der Waals surface area contributed by atoms with Gasteiger partial charge in [-0.05, 0) is 38.5 Å². The number of carbonyl (C=O) groups is 1. The van der Waals surface area contributed by atoms with Crippen LogP contribution in [-0.4, -0.2) is 97.5 Å². The Morgan fingerprint density at radius 3 is 1.30 bits per heavy atom. The highest BCUT2D eigenvalue weighted by Crippen LogP contribution is 2.26. The molecule has 410 valence electrons. The van der Waals surface area contributed by atoms with Gasteiger partial charge in [-0.3, -0.25) is 9.35 Å². The summed E-state index contributed by atoms with van der Waals surface area (Å²) in [5.74, 6) is -0.392. The van der Waals surface area contributed by atoms with Crippen molar-refractivity contribution in [3.63, 3.8) is 0 Å². The maximum absolute atomic E-state index is 12.9. The Hall–Kier alpha value is -1.16. The van der Waals surface area contributed by atoms with Gasteiger partial charge in [-0.1, -0.05) is 244 Å². The molecule has 1 heterocycles. The maximum Gasteiger partial charge on any atom is 0.397 e. The van der Waals surface area contributed by atoms with E-state index >= 15 is 0 Å². The van der Waals surface area contributed by atoms with Crippen LogP contribution < -0.4 is 0 Å². The lowest BCUT2D eigenvalue weighted by Crippen LogP contribution is -2.60. The first kappa shape index (κ1) is 65.9. The molecule has 1 aliphatic rings. The molecule has 0 aliphatic carbocycles. The number of hydrogen-bond donors (Lipinski definition) is 4. The highest BCUT2D eigenvalue weighted by atomic mass is 32.3. The van der Waals surface area contributed by atoms with Gasteiger partial charge in [0, 0.05) is 13.0 Å². The van der Waals surface area contributed by atoms with E-state index in [2.05, 4.69) is 30.2 Å². The Kier molecular flexibility index (Phi) is 45.6. The Morgan fingerprint density at radius 1 is 0.536 bits per heavy atom. The smallest absolute Gasteiger partial charge is 0.397 e. The molecule has 0 amide bonds. The summed E-state index contributed by atoms with van der Waals surface area (Å²) in [4.78, 5) is 12.9. The molecule has 12 nitrogen and oxygen atoms in total. The van der Waals surface area contributed by atoms with E-state index in [-0.39, 0.29) is 19.6 Å². The zero-order valence-electron chi connectivity index (χ0n) is 44.4. The fraction of sp³-hybridized carbons (Fsp3) is 0.946. The van der Waals surface area contributed by atoms with Gasteiger partial charge in [-0.25, -0.2) is 4.18 Å². The van der Waals surface area contributed by atoms with Crippen LogP contribution in [0, 0.1) is 0 Å². The normalized spacial score (nSPS) is 19.2. The van der Waals surface area contributed by atoms with Crippen LogP contribution >= 0.6 is 0 Å². The van der Waals surface area contributed by atoms with E-state index in [1.807, 2.05) is 0 Å². The minimum Gasteiger partial charge on any atom is -0.457 e. The third-order valence-electron chi connectivity index (χ3n) is 13.6. The van der Waals surface area contributed by atoms with E-state index in [0.29, 0.717) is 13.0 Å². The van der Waals surface area contributed by atoms with E-state index in [1.54, 1.807) is 0 Å². The predicted octanol–water partition coefficient (Wildman–Crippen LogP) is 14.1. The lowest BCUT2D eigenvalue weighted by molar-refractivity contribution is -0.301. The third kappa shape index (κ3) is 40.9. The van der Waals surface area contributed by atoms with Crippen LogP contribution in [0.15, 0.2) is 12.2 Å². The number of ether oxygens (including phenoxy) is 4. The number of aliphatic hydroxyl groups is 3. The molecular weight excluding hydrogens is 897 g/mol. The second kappa shape index (κ2) is 47.8. The monoisotopic (exact) mass is 1000 g/mol. The topological polar surface area (TPSA) is 178 Å². The van der Waals surface area contributed by atoms with Gasteiger partial charge in [0.15, 0.2) is 6.29 Å². The van der Waals surface area contributed by atoms with Crippen molar-refractivity contribution in [2.75, 3.05) is 26.4 Å². The number of rotatable bonds is 52. The molecule has 0 spiro atoms. The van der Waals surface area contributed by atoms with Crippen molar-refractivity contribution in [2.24, 2.45) is 0 Å². The molecule has 69 heavy (non-hydrogen) atoms. The number of allylic oxidation sites excluding steroid dienone is 2. The van der Waals surface area contributed by atoms with E-state index < -0.39 is 59.8 Å². The van der Waals surface area contributed by atoms with Crippen molar-refractivity contribution in [1.29, 1.82) is 0 Å². The average molecular weight is 1010 g/mol. The number of hydrogen-bond acceptors (Lipinski definition) is 11. The molecule has 0 radical (unpaired) electrons. The van der Waals surface area contributed by atoms with Gasteiger partial charge in [0.05, 0.1) is 19.8 Å². The molecule has 0 aromatic rings. The molecule has 4 N–H and O–H groups in total. The van der Waals surface area contributed by atoms with Crippen LogP contribution in [0.3, 0.4) is 0 Å². The zero-order chi connectivity index (χ0) is 50.3. The molecule has 1 aliphatic heterocycles. The molecule has 0 bridgehead atoms. The Balaban J connectivity index is 2.25. The highest BCUT2D eigenvalue weighted by Gasteiger charge is 2.48. The summed E-state index contributed by atoms with van der Waals surface area (Å²) in [5, 5.41) is 30.8. The van der Waals surface area contributed by atoms with Gasteiger partial charge in [0.1, 0.15) is 30.5 Å². The molecule has 0 saturated carbocycles. The average Bonchev–Trinajstić information content (AvgIpc) is 3.32. The molecule has 0 aromatic heterocycles. The maximum atomic E-state index is 12.9. The van der Waals surface area contributed by atoms with Gasteiger partial charge in [0.25, 0.3) is 0 Å². The highest BCUT2D eigenvalue weighted by molar-refractivity contribution is 7.80. The SMILES string of the molecule is CCCCCCCCCC/C=C\CCCCCCCCCCCCCCCCOCC(COC1OC(CO)C(O)C(OS(=O)(=O)O)C1O)OC(=O)CCCCCCCCCCCCCCCCCC. The molecule has 1 fully saturated rings. The summed E-state index contributed by atoms with van der Waals surface area (Å²) in [7, 11) is -5.06. The van der Waals surface area contributed by atoms with Crippen molar-refractivity contribution < 1.29 is 56.2 Å². The van der Waals surface area contributed by atoms with Gasteiger partial charge in [-0.15, -0.1) is 0 Å². The van der Waals surface area contributed by atoms with Crippen molar-refractivity contribution in [3.8, 4) is 0 Å². The number of aliphatic hydroxyl groups excluding tert-OH is 3. The first-order valence-corrected chi connectivity index (χ1v) is 30.3. The second-order valence-electron chi connectivity index (χ2n) is 20.2. The first-order valence-electron chi connectivity index (χ1n) is 28.9. The molecule has 13 heteroatoms. The standard InChI is InChI=1S/C56H108O12S/c1-3-5-7-9-11-13-15-17-19-21-22-23-24-25-26-27-28-29-30-32-34-36-38-40-42-44-46-64-48-50(49-65-56-54(60)55(68-69(61,62)63)53(59)51(47-57)67-56)66-52(58)45-43-41-39-37-35-33-31-20-18-16-14-12-10-8-6-4-2/h21-22,50-51,53-57,59-60H,3-20,23-49H2,1-2H3,(H,61,62,63)/b22-21-. The largest absolute Gasteiger partial charge is 0.457 e. The van der Waals surface area contributed by atoms with Crippen molar-refractivity contribution in [3.05, 3.63) is 12.2 Å². The summed E-state index contributed by atoms with van der Waals surface area (Å²) < 4.78 is 59.4. The second-order valence-corrected chi connectivity index (χ2v) is 21.3. The van der Waals surface area contributed by atoms with Crippen LogP contribution in [0.2, 0.25) is 0 Å². The van der Waals surface area contributed by atoms with Crippen LogP contribution in [0.1, 0.15) is 277 Å². The van der Waals surface area contributed by atoms with Gasteiger partial charge in [-0.2, -0.15) is 8.42 Å². The van der Waals surface area contributed by atoms with E-state index in [9.17, 15) is 33.1 Å². The Bertz CT molecular complexity index is 1250. The summed E-state index contributed by atoms with van der Waals surface area (Å²) in [6.07, 6.45) is 46.8. The number of esters is 1. The quantitative estimate of drug-likeness (QED) is 0.0196. The van der Waals surface area contributed by atoms with E-state index in [4.69, 9.17) is 18.9 Å². The molecule has 1 saturated heterocycles. The summed E-state index contributed by atoms with van der Waals surface area (Å²) >= 11 is 0. The lowest BCUT2D eigenvalue weighted by Gasteiger charge is -2.41. The van der Waals surface area contributed by atoms with Crippen molar-refractivity contribution in [2.45, 2.75) is 314 Å². The van der Waals surface area contributed by atoms with E-state index in [1.165, 1.54) is 212 Å².